The maximum absolute atomic E-state index is 6.08. The molecular weight excluding hydrogens is 292 g/mol. The molecule has 0 amide bonds. The average Bonchev–Trinajstić information content (AvgIpc) is 2.98. The van der Waals surface area contributed by atoms with Crippen molar-refractivity contribution in [3.05, 3.63) is 10.4 Å². The molecule has 2 N–H and O–H groups in total. The quantitative estimate of drug-likeness (QED) is 0.924. The first-order valence-electron chi connectivity index (χ1n) is 6.62. The van der Waals surface area contributed by atoms with E-state index in [0.717, 1.165) is 34.4 Å². The molecule has 0 spiro atoms. The molecule has 1 aliphatic heterocycles. The molecule has 2 atom stereocenters. The van der Waals surface area contributed by atoms with Gasteiger partial charge in [0.15, 0.2) is 0 Å². The SMILES string of the molecule is Cc1nc(-c2c(N)nsc2N2CC(C)OCC2C)cs1. The van der Waals surface area contributed by atoms with Gasteiger partial charge in [-0.2, -0.15) is 4.37 Å². The van der Waals surface area contributed by atoms with Crippen molar-refractivity contribution in [3.63, 3.8) is 0 Å². The summed E-state index contributed by atoms with van der Waals surface area (Å²) in [5, 5.41) is 4.20. The van der Waals surface area contributed by atoms with Crippen molar-refractivity contribution in [1.82, 2.24) is 9.36 Å². The molecule has 1 fully saturated rings. The Hall–Kier alpha value is -1.18. The van der Waals surface area contributed by atoms with Crippen LogP contribution in [0.25, 0.3) is 11.3 Å². The molecule has 5 nitrogen and oxygen atoms in total. The topological polar surface area (TPSA) is 64.3 Å². The van der Waals surface area contributed by atoms with Gasteiger partial charge in [0.25, 0.3) is 0 Å². The lowest BCUT2D eigenvalue weighted by Gasteiger charge is -2.37. The molecule has 1 aliphatic rings. The summed E-state index contributed by atoms with van der Waals surface area (Å²) in [5.41, 5.74) is 7.98. The second-order valence-electron chi connectivity index (χ2n) is 5.15. The van der Waals surface area contributed by atoms with E-state index in [1.165, 1.54) is 11.5 Å². The van der Waals surface area contributed by atoms with E-state index in [-0.39, 0.29) is 6.10 Å². The van der Waals surface area contributed by atoms with Crippen molar-refractivity contribution < 1.29 is 4.74 Å². The lowest BCUT2D eigenvalue weighted by molar-refractivity contribution is 0.0347. The number of aryl methyl sites for hydroxylation is 1. The Kier molecular flexibility index (Phi) is 3.66. The minimum Gasteiger partial charge on any atom is -0.382 e. The van der Waals surface area contributed by atoms with Gasteiger partial charge in [-0.3, -0.25) is 0 Å². The zero-order valence-electron chi connectivity index (χ0n) is 11.8. The zero-order valence-corrected chi connectivity index (χ0v) is 13.4. The molecule has 1 saturated heterocycles. The number of hydrogen-bond acceptors (Lipinski definition) is 7. The number of nitrogens with two attached hydrogens (primary N) is 1. The zero-order chi connectivity index (χ0) is 14.3. The van der Waals surface area contributed by atoms with Gasteiger partial charge >= 0.3 is 0 Å². The average molecular weight is 310 g/mol. The Morgan fingerprint density at radius 1 is 1.45 bits per heavy atom. The maximum Gasteiger partial charge on any atom is 0.148 e. The fraction of sp³-hybridized carbons (Fsp3) is 0.538. The summed E-state index contributed by atoms with van der Waals surface area (Å²) in [6, 6.07) is 0.324. The molecule has 3 rings (SSSR count). The number of hydrogen-bond donors (Lipinski definition) is 1. The number of nitrogens with zero attached hydrogens (tertiary/aromatic N) is 3. The van der Waals surface area contributed by atoms with Crippen molar-refractivity contribution in [2.24, 2.45) is 0 Å². The number of thiazole rings is 1. The summed E-state index contributed by atoms with van der Waals surface area (Å²) in [5.74, 6) is 0.571. The smallest absolute Gasteiger partial charge is 0.148 e. The van der Waals surface area contributed by atoms with E-state index in [2.05, 4.69) is 28.1 Å². The Morgan fingerprint density at radius 2 is 2.25 bits per heavy atom. The molecule has 0 saturated carbocycles. The molecule has 0 aromatic carbocycles. The monoisotopic (exact) mass is 310 g/mol. The lowest BCUT2D eigenvalue weighted by Crippen LogP contribution is -2.47. The Balaban J connectivity index is 2.02. The summed E-state index contributed by atoms with van der Waals surface area (Å²) in [6.45, 7) is 7.85. The molecular formula is C13H18N4OS2. The fourth-order valence-corrected chi connectivity index (χ4v) is 3.93. The first-order chi connectivity index (χ1) is 9.56. The van der Waals surface area contributed by atoms with Gasteiger partial charge in [-0.15, -0.1) is 11.3 Å². The van der Waals surface area contributed by atoms with Gasteiger partial charge in [-0.1, -0.05) is 0 Å². The summed E-state index contributed by atoms with van der Waals surface area (Å²) in [4.78, 5) is 6.90. The van der Waals surface area contributed by atoms with Gasteiger partial charge in [-0.05, 0) is 32.3 Å². The van der Waals surface area contributed by atoms with Gasteiger partial charge in [0.05, 0.1) is 35.0 Å². The number of nitrogen functional groups attached to an aromatic ring is 1. The van der Waals surface area contributed by atoms with Crippen LogP contribution in [0.2, 0.25) is 0 Å². The molecule has 0 bridgehead atoms. The Labute approximate surface area is 126 Å². The maximum atomic E-state index is 6.08. The Morgan fingerprint density at radius 3 is 2.95 bits per heavy atom. The van der Waals surface area contributed by atoms with Gasteiger partial charge in [0, 0.05) is 11.9 Å². The van der Waals surface area contributed by atoms with E-state index in [4.69, 9.17) is 10.5 Å². The van der Waals surface area contributed by atoms with Crippen LogP contribution in [0, 0.1) is 6.92 Å². The minimum atomic E-state index is 0.222. The third kappa shape index (κ3) is 2.41. The third-order valence-corrected chi connectivity index (χ3v) is 5.12. The van der Waals surface area contributed by atoms with Crippen LogP contribution in [0.1, 0.15) is 18.9 Å². The second-order valence-corrected chi connectivity index (χ2v) is 6.96. The number of morpholine rings is 1. The van der Waals surface area contributed by atoms with E-state index in [9.17, 15) is 0 Å². The number of anilines is 2. The van der Waals surface area contributed by atoms with Crippen molar-refractivity contribution in [1.29, 1.82) is 0 Å². The highest BCUT2D eigenvalue weighted by atomic mass is 32.1. The van der Waals surface area contributed by atoms with Crippen LogP contribution in [-0.2, 0) is 4.74 Å². The van der Waals surface area contributed by atoms with Crippen LogP contribution in [0.4, 0.5) is 10.8 Å². The summed E-state index contributed by atoms with van der Waals surface area (Å²) < 4.78 is 10.0. The predicted octanol–water partition coefficient (Wildman–Crippen LogP) is 2.77. The highest BCUT2D eigenvalue weighted by molar-refractivity contribution is 7.11. The number of aromatic nitrogens is 2. The van der Waals surface area contributed by atoms with Gasteiger partial charge in [0.1, 0.15) is 10.8 Å². The highest BCUT2D eigenvalue weighted by Crippen LogP contribution is 2.41. The molecule has 3 heterocycles. The van der Waals surface area contributed by atoms with Crippen LogP contribution >= 0.6 is 22.9 Å². The van der Waals surface area contributed by atoms with Gasteiger partial charge in [0.2, 0.25) is 0 Å². The minimum absolute atomic E-state index is 0.222. The number of ether oxygens (including phenoxy) is 1. The molecule has 108 valence electrons. The number of rotatable bonds is 2. The van der Waals surface area contributed by atoms with Crippen molar-refractivity contribution in [2.45, 2.75) is 32.9 Å². The summed E-state index contributed by atoms with van der Waals surface area (Å²) in [6.07, 6.45) is 0.222. The first-order valence-corrected chi connectivity index (χ1v) is 8.27. The van der Waals surface area contributed by atoms with Crippen LogP contribution in [-0.4, -0.2) is 34.7 Å². The van der Waals surface area contributed by atoms with E-state index < -0.39 is 0 Å². The molecule has 0 radical (unpaired) electrons. The van der Waals surface area contributed by atoms with Crippen molar-refractivity contribution in [2.75, 3.05) is 23.8 Å². The molecule has 20 heavy (non-hydrogen) atoms. The molecule has 2 aromatic heterocycles. The predicted molar refractivity (Wildman–Crippen MR) is 84.6 cm³/mol. The summed E-state index contributed by atoms with van der Waals surface area (Å²) >= 11 is 3.09. The first kappa shape index (κ1) is 13.8. The van der Waals surface area contributed by atoms with Crippen LogP contribution in [0.15, 0.2) is 5.38 Å². The second kappa shape index (κ2) is 5.31. The van der Waals surface area contributed by atoms with E-state index >= 15 is 0 Å². The van der Waals surface area contributed by atoms with Crippen LogP contribution in [0.3, 0.4) is 0 Å². The fourth-order valence-electron chi connectivity index (χ4n) is 2.39. The van der Waals surface area contributed by atoms with Crippen molar-refractivity contribution >= 4 is 33.7 Å². The highest BCUT2D eigenvalue weighted by Gasteiger charge is 2.29. The molecule has 7 heteroatoms. The standard InChI is InChI=1S/C13H18N4OS2/c1-7-5-18-8(2)4-17(7)13-11(12(14)16-20-13)10-6-19-9(3)15-10/h6-8H,4-5H2,1-3H3,(H2,14,16). The van der Waals surface area contributed by atoms with Gasteiger partial charge in [-0.25, -0.2) is 4.98 Å². The molecule has 2 aromatic rings. The lowest BCUT2D eigenvalue weighted by atomic mass is 10.1. The largest absolute Gasteiger partial charge is 0.382 e. The molecule has 0 aliphatic carbocycles. The van der Waals surface area contributed by atoms with Crippen molar-refractivity contribution in [3.8, 4) is 11.3 Å². The van der Waals surface area contributed by atoms with Crippen LogP contribution in [0.5, 0.6) is 0 Å². The van der Waals surface area contributed by atoms with E-state index in [0.29, 0.717) is 11.9 Å². The van der Waals surface area contributed by atoms with E-state index in [1.807, 2.05) is 12.3 Å². The van der Waals surface area contributed by atoms with E-state index in [1.54, 1.807) is 11.3 Å². The Bertz CT molecular complexity index is 609. The third-order valence-electron chi connectivity index (χ3n) is 3.44. The molecule has 2 unspecified atom stereocenters. The van der Waals surface area contributed by atoms with Gasteiger partial charge < -0.3 is 15.4 Å². The van der Waals surface area contributed by atoms with Crippen LogP contribution < -0.4 is 10.6 Å². The normalized spacial score (nSPS) is 23.2. The summed E-state index contributed by atoms with van der Waals surface area (Å²) in [7, 11) is 0.